The van der Waals surface area contributed by atoms with Gasteiger partial charge < -0.3 is 10.1 Å². The summed E-state index contributed by atoms with van der Waals surface area (Å²) >= 11 is 9.51. The maximum absolute atomic E-state index is 12.4. The second kappa shape index (κ2) is 5.78. The van der Waals surface area contributed by atoms with Gasteiger partial charge in [-0.25, -0.2) is 0 Å². The van der Waals surface area contributed by atoms with Crippen LogP contribution in [-0.2, 0) is 6.42 Å². The average Bonchev–Trinajstić information content (AvgIpc) is 2.49. The van der Waals surface area contributed by atoms with Crippen LogP contribution in [0.1, 0.15) is 16.7 Å². The molecule has 0 radical (unpaired) electrons. The Labute approximate surface area is 140 Å². The molecule has 0 atom stereocenters. The number of halogens is 2. The first-order valence-electron chi connectivity index (χ1n) is 6.74. The molecular weight excluding hydrogens is 366 g/mol. The van der Waals surface area contributed by atoms with Crippen molar-refractivity contribution in [1.82, 2.24) is 4.98 Å². The highest BCUT2D eigenvalue weighted by Gasteiger charge is 2.14. The van der Waals surface area contributed by atoms with Crippen molar-refractivity contribution in [2.45, 2.75) is 13.3 Å². The molecule has 0 aliphatic heterocycles. The van der Waals surface area contributed by atoms with Crippen LogP contribution in [0.25, 0.3) is 10.9 Å². The Morgan fingerprint density at radius 2 is 1.86 bits per heavy atom. The Morgan fingerprint density at radius 1 is 1.18 bits per heavy atom. The Kier molecular flexibility index (Phi) is 3.98. The first-order valence-corrected chi connectivity index (χ1v) is 7.92. The lowest BCUT2D eigenvalue weighted by molar-refractivity contribution is 0.481. The van der Waals surface area contributed by atoms with Gasteiger partial charge in [0.15, 0.2) is 0 Å². The highest BCUT2D eigenvalue weighted by Crippen LogP contribution is 2.32. The number of aromatic amines is 1. The highest BCUT2D eigenvalue weighted by molar-refractivity contribution is 9.10. The zero-order valence-electron chi connectivity index (χ0n) is 11.8. The molecule has 0 bridgehead atoms. The van der Waals surface area contributed by atoms with Gasteiger partial charge >= 0.3 is 0 Å². The van der Waals surface area contributed by atoms with E-state index >= 15 is 0 Å². The Hall–Kier alpha value is -1.78. The predicted octanol–water partition coefficient (Wildman–Crippen LogP) is 4.55. The molecule has 3 aromatic rings. The fourth-order valence-electron chi connectivity index (χ4n) is 2.60. The van der Waals surface area contributed by atoms with E-state index in [0.29, 0.717) is 27.9 Å². The first kappa shape index (κ1) is 15.1. The zero-order chi connectivity index (χ0) is 15.9. The third-order valence-electron chi connectivity index (χ3n) is 3.77. The van der Waals surface area contributed by atoms with Crippen LogP contribution in [0.2, 0.25) is 5.02 Å². The lowest BCUT2D eigenvalue weighted by atomic mass is 9.98. The molecule has 1 heterocycles. The summed E-state index contributed by atoms with van der Waals surface area (Å²) in [4.78, 5) is 15.2. The summed E-state index contributed by atoms with van der Waals surface area (Å²) in [5, 5.41) is 11.1. The average molecular weight is 379 g/mol. The molecule has 0 aliphatic rings. The quantitative estimate of drug-likeness (QED) is 0.687. The number of benzene rings is 2. The number of aryl methyl sites for hydroxylation is 1. The molecule has 0 fully saturated rings. The molecule has 112 valence electrons. The SMILES string of the molecule is Cc1c(Cc2ccc(Br)cc2)c(=O)[nH]c2c(Cl)ccc(O)c12. The van der Waals surface area contributed by atoms with E-state index in [4.69, 9.17) is 11.6 Å². The number of phenols is 1. The van der Waals surface area contributed by atoms with Gasteiger partial charge in [-0.2, -0.15) is 0 Å². The summed E-state index contributed by atoms with van der Waals surface area (Å²) in [6, 6.07) is 10.9. The zero-order valence-corrected chi connectivity index (χ0v) is 14.1. The van der Waals surface area contributed by atoms with Gasteiger partial charge in [0.2, 0.25) is 0 Å². The largest absolute Gasteiger partial charge is 0.507 e. The van der Waals surface area contributed by atoms with Gasteiger partial charge in [-0.05, 0) is 42.3 Å². The number of H-pyrrole nitrogens is 1. The Balaban J connectivity index is 2.20. The van der Waals surface area contributed by atoms with Gasteiger partial charge in [-0.3, -0.25) is 4.79 Å². The van der Waals surface area contributed by atoms with Crippen LogP contribution in [0.3, 0.4) is 0 Å². The number of aromatic nitrogens is 1. The highest BCUT2D eigenvalue weighted by atomic mass is 79.9. The van der Waals surface area contributed by atoms with E-state index < -0.39 is 0 Å². The van der Waals surface area contributed by atoms with Crippen LogP contribution in [0.15, 0.2) is 45.7 Å². The molecular formula is C17H13BrClNO2. The lowest BCUT2D eigenvalue weighted by Gasteiger charge is -2.11. The van der Waals surface area contributed by atoms with E-state index in [9.17, 15) is 9.90 Å². The van der Waals surface area contributed by atoms with Crippen LogP contribution >= 0.6 is 27.5 Å². The van der Waals surface area contributed by atoms with Gasteiger partial charge in [0.05, 0.1) is 10.5 Å². The standard InChI is InChI=1S/C17H13BrClNO2/c1-9-12(8-10-2-4-11(18)5-3-10)17(22)20-16-13(19)6-7-14(21)15(9)16/h2-7,21H,8H2,1H3,(H,20,22). The van der Waals surface area contributed by atoms with Crippen LogP contribution < -0.4 is 5.56 Å². The normalized spacial score (nSPS) is 11.0. The maximum Gasteiger partial charge on any atom is 0.252 e. The second-order valence-corrected chi connectivity index (χ2v) is 6.50. The van der Waals surface area contributed by atoms with E-state index in [1.54, 1.807) is 12.1 Å². The molecule has 0 amide bonds. The van der Waals surface area contributed by atoms with Crippen LogP contribution in [0, 0.1) is 6.92 Å². The smallest absolute Gasteiger partial charge is 0.252 e. The minimum atomic E-state index is -0.180. The molecule has 3 nitrogen and oxygen atoms in total. The van der Waals surface area contributed by atoms with Crippen molar-refractivity contribution in [1.29, 1.82) is 0 Å². The molecule has 0 saturated heterocycles. The number of pyridine rings is 1. The number of aromatic hydroxyl groups is 1. The number of rotatable bonds is 2. The topological polar surface area (TPSA) is 53.1 Å². The lowest BCUT2D eigenvalue weighted by Crippen LogP contribution is -2.15. The maximum atomic E-state index is 12.4. The van der Waals surface area contributed by atoms with Gasteiger partial charge in [-0.15, -0.1) is 0 Å². The molecule has 0 unspecified atom stereocenters. The van der Waals surface area contributed by atoms with Crippen molar-refractivity contribution in [3.8, 4) is 5.75 Å². The molecule has 22 heavy (non-hydrogen) atoms. The summed E-state index contributed by atoms with van der Waals surface area (Å²) in [7, 11) is 0. The van der Waals surface area contributed by atoms with Crippen molar-refractivity contribution in [3.63, 3.8) is 0 Å². The second-order valence-electron chi connectivity index (χ2n) is 5.18. The van der Waals surface area contributed by atoms with Crippen molar-refractivity contribution in [2.24, 2.45) is 0 Å². The van der Waals surface area contributed by atoms with Crippen molar-refractivity contribution in [3.05, 3.63) is 72.9 Å². The van der Waals surface area contributed by atoms with Crippen LogP contribution in [0.4, 0.5) is 0 Å². The minimum Gasteiger partial charge on any atom is -0.507 e. The number of nitrogens with one attached hydrogen (secondary N) is 1. The van der Waals surface area contributed by atoms with E-state index in [1.165, 1.54) is 0 Å². The fourth-order valence-corrected chi connectivity index (χ4v) is 3.07. The molecule has 2 aromatic carbocycles. The van der Waals surface area contributed by atoms with Crippen LogP contribution in [-0.4, -0.2) is 10.1 Å². The van der Waals surface area contributed by atoms with E-state index in [-0.39, 0.29) is 11.3 Å². The number of fused-ring (bicyclic) bond motifs is 1. The summed E-state index contributed by atoms with van der Waals surface area (Å²) in [5.74, 6) is 0.116. The predicted molar refractivity (Wildman–Crippen MR) is 92.9 cm³/mol. The summed E-state index contributed by atoms with van der Waals surface area (Å²) < 4.78 is 0.991. The number of hydrogen-bond donors (Lipinski definition) is 2. The summed E-state index contributed by atoms with van der Waals surface area (Å²) in [6.07, 6.45) is 0.496. The van der Waals surface area contributed by atoms with Gasteiger partial charge in [0, 0.05) is 21.8 Å². The van der Waals surface area contributed by atoms with Crippen LogP contribution in [0.5, 0.6) is 5.75 Å². The Morgan fingerprint density at radius 3 is 2.55 bits per heavy atom. The third kappa shape index (κ3) is 2.64. The molecule has 3 rings (SSSR count). The van der Waals surface area contributed by atoms with Crippen molar-refractivity contribution < 1.29 is 5.11 Å². The van der Waals surface area contributed by atoms with Gasteiger partial charge in [-0.1, -0.05) is 39.7 Å². The minimum absolute atomic E-state index is 0.116. The molecule has 1 aromatic heterocycles. The first-order chi connectivity index (χ1) is 10.5. The van der Waals surface area contributed by atoms with E-state index in [1.807, 2.05) is 31.2 Å². The monoisotopic (exact) mass is 377 g/mol. The van der Waals surface area contributed by atoms with Crippen molar-refractivity contribution >= 4 is 38.4 Å². The fraction of sp³-hybridized carbons (Fsp3) is 0.118. The molecule has 5 heteroatoms. The molecule has 0 spiro atoms. The number of hydrogen-bond acceptors (Lipinski definition) is 2. The van der Waals surface area contributed by atoms with Gasteiger partial charge in [0.25, 0.3) is 5.56 Å². The summed E-state index contributed by atoms with van der Waals surface area (Å²) in [6.45, 7) is 1.84. The summed E-state index contributed by atoms with van der Waals surface area (Å²) in [5.41, 5.74) is 2.70. The van der Waals surface area contributed by atoms with Crippen molar-refractivity contribution in [2.75, 3.05) is 0 Å². The van der Waals surface area contributed by atoms with E-state index in [2.05, 4.69) is 20.9 Å². The third-order valence-corrected chi connectivity index (χ3v) is 4.61. The molecule has 0 aliphatic carbocycles. The molecule has 2 N–H and O–H groups in total. The van der Waals surface area contributed by atoms with Gasteiger partial charge in [0.1, 0.15) is 5.75 Å². The molecule has 0 saturated carbocycles. The van der Waals surface area contributed by atoms with E-state index in [0.717, 1.165) is 15.6 Å². The Bertz CT molecular complexity index is 917. The number of phenolic OH excluding ortho intramolecular Hbond substituents is 1.